The molecular weight excluding hydrogens is 412 g/mol. The van der Waals surface area contributed by atoms with Gasteiger partial charge < -0.3 is 0 Å². The number of nitrogens with zero attached hydrogens (tertiary/aromatic N) is 4. The second-order valence-electron chi connectivity index (χ2n) is 8.34. The molecule has 0 N–H and O–H groups in total. The molecule has 8 heteroatoms. The maximum atomic E-state index is 13.2. The van der Waals surface area contributed by atoms with Gasteiger partial charge in [0.25, 0.3) is 0 Å². The number of hydrogen-bond acceptors (Lipinski definition) is 7. The molecule has 31 heavy (non-hydrogen) atoms. The normalized spacial score (nSPS) is 12.0. The lowest BCUT2D eigenvalue weighted by atomic mass is 9.81. The van der Waals surface area contributed by atoms with E-state index in [-0.39, 0.29) is 23.8 Å². The van der Waals surface area contributed by atoms with Crippen molar-refractivity contribution in [1.82, 2.24) is 19.9 Å². The summed E-state index contributed by atoms with van der Waals surface area (Å²) in [6, 6.07) is 7.56. The predicted molar refractivity (Wildman–Crippen MR) is 119 cm³/mol. The molecule has 0 saturated heterocycles. The fourth-order valence-corrected chi connectivity index (χ4v) is 3.85. The molecule has 0 radical (unpaired) electrons. The van der Waals surface area contributed by atoms with E-state index in [1.807, 2.05) is 32.0 Å². The van der Waals surface area contributed by atoms with Crippen molar-refractivity contribution in [2.45, 2.75) is 45.3 Å². The lowest BCUT2D eigenvalue weighted by Gasteiger charge is -2.23. The summed E-state index contributed by atoms with van der Waals surface area (Å²) in [5.74, 6) is -0.0727. The van der Waals surface area contributed by atoms with Crippen molar-refractivity contribution in [2.75, 3.05) is 6.26 Å². The van der Waals surface area contributed by atoms with Crippen LogP contribution >= 0.6 is 0 Å². The number of carbonyl (C=O) groups is 1. The van der Waals surface area contributed by atoms with Crippen LogP contribution in [0.3, 0.4) is 0 Å². The van der Waals surface area contributed by atoms with E-state index in [9.17, 15) is 13.2 Å². The van der Waals surface area contributed by atoms with Gasteiger partial charge in [-0.05, 0) is 51.0 Å². The van der Waals surface area contributed by atoms with Crippen molar-refractivity contribution in [1.29, 1.82) is 0 Å². The minimum absolute atomic E-state index is 0.0114. The summed E-state index contributed by atoms with van der Waals surface area (Å²) in [5, 5.41) is 0. The monoisotopic (exact) mass is 438 g/mol. The fraction of sp³-hybridized carbons (Fsp3) is 0.348. The summed E-state index contributed by atoms with van der Waals surface area (Å²) < 4.78 is 23.1. The highest BCUT2D eigenvalue weighted by Gasteiger charge is 2.31. The van der Waals surface area contributed by atoms with Crippen LogP contribution in [0, 0.1) is 13.8 Å². The first-order valence-corrected chi connectivity index (χ1v) is 11.9. The molecule has 0 fully saturated rings. The van der Waals surface area contributed by atoms with Crippen LogP contribution in [-0.4, -0.2) is 40.4 Å². The van der Waals surface area contributed by atoms with E-state index in [1.165, 1.54) is 6.20 Å². The van der Waals surface area contributed by atoms with Gasteiger partial charge in [0, 0.05) is 30.6 Å². The molecule has 0 aliphatic heterocycles. The zero-order chi connectivity index (χ0) is 22.8. The number of carbonyl (C=O) groups excluding carboxylic acids is 1. The molecule has 0 aliphatic rings. The summed E-state index contributed by atoms with van der Waals surface area (Å²) in [4.78, 5) is 30.3. The van der Waals surface area contributed by atoms with Gasteiger partial charge in [-0.2, -0.15) is 0 Å². The zero-order valence-corrected chi connectivity index (χ0v) is 19.2. The summed E-state index contributed by atoms with van der Waals surface area (Å²) in [6.45, 7) is 7.46. The molecule has 0 bridgehead atoms. The third-order valence-corrected chi connectivity index (χ3v) is 5.96. The number of aromatic nitrogens is 4. The fourth-order valence-electron chi connectivity index (χ4n) is 3.24. The SMILES string of the molecule is Cc1cncc(-c2ccc(CC(=O)C(C)(C)c3ccnc(CS(C)(=O)=O)n3)c(C)c2)n1. The van der Waals surface area contributed by atoms with Gasteiger partial charge >= 0.3 is 0 Å². The molecule has 7 nitrogen and oxygen atoms in total. The summed E-state index contributed by atoms with van der Waals surface area (Å²) in [6.07, 6.45) is 6.30. The van der Waals surface area contributed by atoms with Crippen LogP contribution in [0.25, 0.3) is 11.3 Å². The third kappa shape index (κ3) is 5.58. The molecule has 3 rings (SSSR count). The molecule has 0 aliphatic carbocycles. The van der Waals surface area contributed by atoms with Crippen LogP contribution in [0.2, 0.25) is 0 Å². The number of hydrogen-bond donors (Lipinski definition) is 0. The van der Waals surface area contributed by atoms with E-state index in [1.54, 1.807) is 32.3 Å². The van der Waals surface area contributed by atoms with Crippen LogP contribution in [0.15, 0.2) is 42.9 Å². The van der Waals surface area contributed by atoms with Crippen LogP contribution in [0.5, 0.6) is 0 Å². The van der Waals surface area contributed by atoms with Crippen LogP contribution in [-0.2, 0) is 32.2 Å². The van der Waals surface area contributed by atoms with Gasteiger partial charge in [-0.3, -0.25) is 9.78 Å². The predicted octanol–water partition coefficient (Wildman–Crippen LogP) is 3.18. The first-order valence-electron chi connectivity index (χ1n) is 9.88. The van der Waals surface area contributed by atoms with Crippen molar-refractivity contribution < 1.29 is 13.2 Å². The summed E-state index contributed by atoms with van der Waals surface area (Å²) >= 11 is 0. The molecular formula is C23H26N4O3S. The quantitative estimate of drug-likeness (QED) is 0.558. The number of aryl methyl sites for hydroxylation is 2. The van der Waals surface area contributed by atoms with E-state index < -0.39 is 15.3 Å². The molecule has 1 aromatic carbocycles. The van der Waals surface area contributed by atoms with Gasteiger partial charge in [-0.25, -0.2) is 23.4 Å². The molecule has 162 valence electrons. The van der Waals surface area contributed by atoms with Crippen molar-refractivity contribution in [3.8, 4) is 11.3 Å². The van der Waals surface area contributed by atoms with E-state index in [0.29, 0.717) is 5.69 Å². The topological polar surface area (TPSA) is 103 Å². The standard InChI is InChI=1S/C23H26N4O3S/c1-15-10-18(19-13-24-12-16(2)26-19)7-6-17(15)11-21(28)23(3,4)20-8-9-25-22(27-20)14-31(5,29)30/h6-10,12-13H,11,14H2,1-5H3. The molecule has 0 unspecified atom stereocenters. The number of ketones is 1. The van der Waals surface area contributed by atoms with Crippen molar-refractivity contribution in [2.24, 2.45) is 0 Å². The molecule has 0 spiro atoms. The first kappa shape index (κ1) is 22.7. The van der Waals surface area contributed by atoms with Crippen molar-refractivity contribution in [3.63, 3.8) is 0 Å². The Hall–Kier alpha value is -3.00. The second-order valence-corrected chi connectivity index (χ2v) is 10.5. The number of Topliss-reactive ketones (excluding diaryl/α,β-unsaturated/α-hetero) is 1. The molecule has 0 amide bonds. The Labute approximate surface area is 182 Å². The highest BCUT2D eigenvalue weighted by Crippen LogP contribution is 2.27. The van der Waals surface area contributed by atoms with Gasteiger partial charge in [0.2, 0.25) is 0 Å². The van der Waals surface area contributed by atoms with Crippen LogP contribution in [0.1, 0.15) is 42.2 Å². The zero-order valence-electron chi connectivity index (χ0n) is 18.4. The number of rotatable bonds is 7. The van der Waals surface area contributed by atoms with E-state index in [4.69, 9.17) is 0 Å². The number of sulfone groups is 1. The molecule has 2 aromatic heterocycles. The molecule has 0 atom stereocenters. The first-order chi connectivity index (χ1) is 14.5. The minimum atomic E-state index is -3.26. The van der Waals surface area contributed by atoms with Gasteiger partial charge in [-0.1, -0.05) is 12.1 Å². The Morgan fingerprint density at radius 3 is 2.45 bits per heavy atom. The van der Waals surface area contributed by atoms with Gasteiger partial charge in [-0.15, -0.1) is 0 Å². The van der Waals surface area contributed by atoms with Crippen molar-refractivity contribution >= 4 is 15.6 Å². The molecule has 0 saturated carbocycles. The van der Waals surface area contributed by atoms with E-state index in [2.05, 4.69) is 19.9 Å². The van der Waals surface area contributed by atoms with E-state index >= 15 is 0 Å². The lowest BCUT2D eigenvalue weighted by molar-refractivity contribution is -0.123. The van der Waals surface area contributed by atoms with Gasteiger partial charge in [0.15, 0.2) is 9.84 Å². The summed E-state index contributed by atoms with van der Waals surface area (Å²) in [5.41, 5.74) is 4.12. The Kier molecular flexibility index (Phi) is 6.31. The average molecular weight is 439 g/mol. The highest BCUT2D eigenvalue weighted by molar-refractivity contribution is 7.89. The second kappa shape index (κ2) is 8.63. The largest absolute Gasteiger partial charge is 0.298 e. The maximum absolute atomic E-state index is 13.2. The summed E-state index contributed by atoms with van der Waals surface area (Å²) in [7, 11) is -3.26. The minimum Gasteiger partial charge on any atom is -0.298 e. The molecule has 3 aromatic rings. The lowest BCUT2D eigenvalue weighted by Crippen LogP contribution is -2.32. The Morgan fingerprint density at radius 2 is 1.81 bits per heavy atom. The molecule has 2 heterocycles. The Bertz CT molecular complexity index is 1240. The maximum Gasteiger partial charge on any atom is 0.154 e. The van der Waals surface area contributed by atoms with Gasteiger partial charge in [0.1, 0.15) is 17.4 Å². The van der Waals surface area contributed by atoms with E-state index in [0.717, 1.165) is 34.3 Å². The third-order valence-electron chi connectivity index (χ3n) is 5.18. The van der Waals surface area contributed by atoms with Crippen molar-refractivity contribution in [3.05, 3.63) is 71.2 Å². The van der Waals surface area contributed by atoms with Crippen LogP contribution in [0.4, 0.5) is 0 Å². The van der Waals surface area contributed by atoms with Gasteiger partial charge in [0.05, 0.1) is 28.7 Å². The smallest absolute Gasteiger partial charge is 0.154 e. The Balaban J connectivity index is 1.83. The van der Waals surface area contributed by atoms with Crippen LogP contribution < -0.4 is 0 Å². The Morgan fingerprint density at radius 1 is 1.06 bits per heavy atom. The average Bonchev–Trinajstić information content (AvgIpc) is 2.68. The number of benzene rings is 1. The highest BCUT2D eigenvalue weighted by atomic mass is 32.2.